The van der Waals surface area contributed by atoms with Crippen molar-refractivity contribution in [1.29, 1.82) is 0 Å². The molecule has 0 amide bonds. The summed E-state index contributed by atoms with van der Waals surface area (Å²) < 4.78 is 36.8. The molecule has 0 unspecified atom stereocenters. The van der Waals surface area contributed by atoms with Gasteiger partial charge in [-0.1, -0.05) is 23.2 Å². The van der Waals surface area contributed by atoms with E-state index in [2.05, 4.69) is 4.98 Å². The van der Waals surface area contributed by atoms with E-state index in [1.165, 1.54) is 0 Å². The van der Waals surface area contributed by atoms with Crippen LogP contribution in [0.3, 0.4) is 0 Å². The van der Waals surface area contributed by atoms with E-state index in [0.29, 0.717) is 11.0 Å². The van der Waals surface area contributed by atoms with Crippen LogP contribution in [0.4, 0.5) is 13.2 Å². The molecule has 0 saturated carbocycles. The molecule has 78 valence electrons. The van der Waals surface area contributed by atoms with Gasteiger partial charge >= 0.3 is 6.18 Å². The maximum absolute atomic E-state index is 12.3. The lowest BCUT2D eigenvalue weighted by molar-refractivity contribution is -0.141. The first-order valence-electron chi connectivity index (χ1n) is 3.07. The summed E-state index contributed by atoms with van der Waals surface area (Å²) >= 11 is 11.0. The number of aromatic nitrogens is 1. The molecule has 1 aromatic rings. The maximum atomic E-state index is 12.3. The van der Waals surface area contributed by atoms with Gasteiger partial charge in [-0.25, -0.2) is 4.98 Å². The highest BCUT2D eigenvalue weighted by molar-refractivity contribution is 8.21. The molecular weight excluding hydrogens is 281 g/mol. The van der Waals surface area contributed by atoms with E-state index in [0.717, 1.165) is 6.20 Å². The Labute approximate surface area is 96.0 Å². The van der Waals surface area contributed by atoms with Gasteiger partial charge in [-0.05, 0) is 21.7 Å². The van der Waals surface area contributed by atoms with Gasteiger partial charge in [-0.3, -0.25) is 0 Å². The minimum atomic E-state index is -4.61. The minimum absolute atomic E-state index is 0.0111. The summed E-state index contributed by atoms with van der Waals surface area (Å²) in [6, 6.07) is 0. The van der Waals surface area contributed by atoms with Crippen molar-refractivity contribution in [2.75, 3.05) is 0 Å². The van der Waals surface area contributed by atoms with Crippen LogP contribution in [0.1, 0.15) is 5.69 Å². The first-order chi connectivity index (χ1) is 6.38. The fraction of sp³-hybridized carbons (Fsp3) is 0.167. The average Bonchev–Trinajstić information content (AvgIpc) is 2.02. The molecule has 0 N–H and O–H groups in total. The Bertz CT molecular complexity index is 355. The van der Waals surface area contributed by atoms with Crippen molar-refractivity contribution in [2.45, 2.75) is 11.1 Å². The normalized spacial score (nSPS) is 11.9. The summed E-state index contributed by atoms with van der Waals surface area (Å²) in [6.45, 7) is 0. The van der Waals surface area contributed by atoms with Crippen LogP contribution in [0.2, 0.25) is 10.0 Å². The molecule has 1 rings (SSSR count). The van der Waals surface area contributed by atoms with Gasteiger partial charge in [0.05, 0.1) is 14.9 Å². The molecule has 1 heterocycles. The molecule has 0 aliphatic rings. The van der Waals surface area contributed by atoms with Crippen LogP contribution < -0.4 is 0 Å². The zero-order valence-electron chi connectivity index (χ0n) is 6.20. The largest absolute Gasteiger partial charge is 0.434 e. The number of halogens is 6. The Morgan fingerprint density at radius 2 is 1.86 bits per heavy atom. The van der Waals surface area contributed by atoms with Gasteiger partial charge in [0.15, 0.2) is 5.69 Å². The predicted octanol–water partition coefficient (Wildman–Crippen LogP) is 4.65. The molecule has 0 bridgehead atoms. The van der Waals surface area contributed by atoms with Gasteiger partial charge in [-0.15, -0.1) is 0 Å². The molecule has 1 nitrogen and oxygen atoms in total. The first-order valence-corrected chi connectivity index (χ1v) is 5.47. The third-order valence-electron chi connectivity index (χ3n) is 1.28. The van der Waals surface area contributed by atoms with E-state index in [1.54, 1.807) is 0 Å². The van der Waals surface area contributed by atoms with E-state index in [9.17, 15) is 13.2 Å². The zero-order valence-corrected chi connectivity index (χ0v) is 9.28. The van der Waals surface area contributed by atoms with Gasteiger partial charge in [0, 0.05) is 6.20 Å². The van der Waals surface area contributed by atoms with E-state index < -0.39 is 16.9 Å². The third-order valence-corrected chi connectivity index (χ3v) is 3.20. The summed E-state index contributed by atoms with van der Waals surface area (Å²) in [5.41, 5.74) is -1.19. The molecule has 0 aliphatic heterocycles. The molecule has 0 fully saturated rings. The molecule has 8 heteroatoms. The van der Waals surface area contributed by atoms with Crippen molar-refractivity contribution in [3.8, 4) is 0 Å². The Morgan fingerprint density at radius 1 is 1.29 bits per heavy atom. The topological polar surface area (TPSA) is 12.9 Å². The van der Waals surface area contributed by atoms with Crippen molar-refractivity contribution in [3.63, 3.8) is 0 Å². The Kier molecular flexibility index (Phi) is 3.80. The highest BCUT2D eigenvalue weighted by Crippen LogP contribution is 2.42. The lowest BCUT2D eigenvalue weighted by Crippen LogP contribution is -2.09. The summed E-state index contributed by atoms with van der Waals surface area (Å²) in [5.74, 6) is 0. The summed E-state index contributed by atoms with van der Waals surface area (Å²) in [5, 5.41) is -0.590. The lowest BCUT2D eigenvalue weighted by Gasteiger charge is -2.10. The summed E-state index contributed by atoms with van der Waals surface area (Å²) in [7, 11) is 5.83. The van der Waals surface area contributed by atoms with Gasteiger partial charge < -0.3 is 0 Å². The molecular formula is C6HCl3F3NS. The molecule has 1 aromatic heterocycles. The molecule has 0 aliphatic carbocycles. The van der Waals surface area contributed by atoms with Gasteiger partial charge in [0.2, 0.25) is 0 Å². The predicted molar refractivity (Wildman–Crippen MR) is 51.0 cm³/mol. The lowest BCUT2D eigenvalue weighted by atomic mass is 10.3. The number of nitrogens with zero attached hydrogens (tertiary/aromatic N) is 1. The van der Waals surface area contributed by atoms with Crippen LogP contribution in [0.25, 0.3) is 0 Å². The molecule has 0 spiro atoms. The highest BCUT2D eigenvalue weighted by atomic mass is 35.7. The molecule has 0 radical (unpaired) electrons. The standard InChI is InChI=1S/C6HCl3F3NS/c7-2-1-13-5(6(10,11)12)3(8)4(2)14-9/h1H. The summed E-state index contributed by atoms with van der Waals surface area (Å²) in [4.78, 5) is 3.05. The van der Waals surface area contributed by atoms with E-state index in [-0.39, 0.29) is 9.92 Å². The smallest absolute Gasteiger partial charge is 0.249 e. The number of hydrogen-bond donors (Lipinski definition) is 0. The van der Waals surface area contributed by atoms with Crippen molar-refractivity contribution in [3.05, 3.63) is 21.9 Å². The quantitative estimate of drug-likeness (QED) is 0.743. The number of pyridine rings is 1. The maximum Gasteiger partial charge on any atom is 0.434 e. The monoisotopic (exact) mass is 281 g/mol. The van der Waals surface area contributed by atoms with E-state index in [1.807, 2.05) is 0 Å². The molecule has 0 aromatic carbocycles. The Balaban J connectivity index is 3.36. The van der Waals surface area contributed by atoms with Crippen LogP contribution >= 0.6 is 44.9 Å². The van der Waals surface area contributed by atoms with Crippen LogP contribution in [0.5, 0.6) is 0 Å². The van der Waals surface area contributed by atoms with Gasteiger partial charge in [0.1, 0.15) is 0 Å². The third kappa shape index (κ3) is 2.39. The van der Waals surface area contributed by atoms with Crippen LogP contribution in [0.15, 0.2) is 11.1 Å². The van der Waals surface area contributed by atoms with Crippen LogP contribution in [-0.2, 0) is 6.18 Å². The average molecular weight is 283 g/mol. The van der Waals surface area contributed by atoms with E-state index >= 15 is 0 Å². The number of rotatable bonds is 1. The van der Waals surface area contributed by atoms with Gasteiger partial charge in [-0.2, -0.15) is 13.2 Å². The summed E-state index contributed by atoms with van der Waals surface area (Å²) in [6.07, 6.45) is -3.75. The Hall–Kier alpha value is 0.160. The molecule has 0 atom stereocenters. The zero-order chi connectivity index (χ0) is 10.9. The fourth-order valence-corrected chi connectivity index (χ4v) is 2.41. The van der Waals surface area contributed by atoms with Gasteiger partial charge in [0.25, 0.3) is 0 Å². The highest BCUT2D eigenvalue weighted by Gasteiger charge is 2.36. The SMILES string of the molecule is FC(F)(F)c1ncc(Cl)c(SCl)c1Cl. The van der Waals surface area contributed by atoms with Crippen molar-refractivity contribution in [2.24, 2.45) is 0 Å². The fourth-order valence-electron chi connectivity index (χ4n) is 0.717. The Morgan fingerprint density at radius 3 is 2.29 bits per heavy atom. The van der Waals surface area contributed by atoms with Crippen molar-refractivity contribution in [1.82, 2.24) is 4.98 Å². The van der Waals surface area contributed by atoms with Crippen LogP contribution in [-0.4, -0.2) is 4.98 Å². The second-order valence-corrected chi connectivity index (χ2v) is 3.98. The second kappa shape index (κ2) is 4.35. The van der Waals surface area contributed by atoms with E-state index in [4.69, 9.17) is 33.9 Å². The number of hydrogen-bond acceptors (Lipinski definition) is 2. The first kappa shape index (κ1) is 12.2. The number of alkyl halides is 3. The van der Waals surface area contributed by atoms with Crippen LogP contribution in [0, 0.1) is 0 Å². The van der Waals surface area contributed by atoms with Crippen molar-refractivity contribution >= 4 is 44.9 Å². The minimum Gasteiger partial charge on any atom is -0.249 e. The second-order valence-electron chi connectivity index (χ2n) is 2.17. The van der Waals surface area contributed by atoms with Crippen molar-refractivity contribution < 1.29 is 13.2 Å². The molecule has 0 saturated heterocycles. The molecule has 14 heavy (non-hydrogen) atoms.